The highest BCUT2D eigenvalue weighted by molar-refractivity contribution is 7.98. The van der Waals surface area contributed by atoms with Gasteiger partial charge in [0.1, 0.15) is 0 Å². The van der Waals surface area contributed by atoms with Crippen molar-refractivity contribution in [3.8, 4) is 0 Å². The summed E-state index contributed by atoms with van der Waals surface area (Å²) in [6, 6.07) is 0.309. The summed E-state index contributed by atoms with van der Waals surface area (Å²) >= 11 is 1.55. The summed E-state index contributed by atoms with van der Waals surface area (Å²) in [7, 11) is 0. The molecular weight excluding hydrogens is 234 g/mol. The Balaban J connectivity index is 1.98. The number of hydrogen-bond donors (Lipinski definition) is 1. The molecule has 1 atom stereocenters. The van der Waals surface area contributed by atoms with Gasteiger partial charge >= 0.3 is 0 Å². The average Bonchev–Trinajstić information content (AvgIpc) is 2.40. The Hall–Kier alpha value is -0.650. The first-order chi connectivity index (χ1) is 8.33. The predicted octanol–water partition coefficient (Wildman–Crippen LogP) is 1.55. The summed E-state index contributed by atoms with van der Waals surface area (Å²) in [6.07, 6.45) is 9.30. The van der Waals surface area contributed by atoms with Gasteiger partial charge in [-0.25, -0.2) is 9.97 Å². The van der Waals surface area contributed by atoms with E-state index in [1.165, 1.54) is 12.8 Å². The zero-order valence-electron chi connectivity index (χ0n) is 10.2. The Labute approximate surface area is 106 Å². The Morgan fingerprint density at radius 2 is 2.18 bits per heavy atom. The molecule has 2 heterocycles. The number of nitrogens with zero attached hydrogens (tertiary/aromatic N) is 3. The molecule has 1 N–H and O–H groups in total. The first-order valence-electron chi connectivity index (χ1n) is 6.03. The number of aliphatic hydroxyl groups excluding tert-OH is 1. The van der Waals surface area contributed by atoms with Crippen LogP contribution in [0.1, 0.15) is 24.8 Å². The van der Waals surface area contributed by atoms with E-state index in [-0.39, 0.29) is 6.61 Å². The van der Waals surface area contributed by atoms with Gasteiger partial charge in [0.15, 0.2) is 5.16 Å². The van der Waals surface area contributed by atoms with Crippen LogP contribution in [-0.2, 0) is 6.54 Å². The summed E-state index contributed by atoms with van der Waals surface area (Å²) in [5.74, 6) is 0. The minimum Gasteiger partial charge on any atom is -0.395 e. The van der Waals surface area contributed by atoms with Crippen molar-refractivity contribution in [1.29, 1.82) is 0 Å². The van der Waals surface area contributed by atoms with Crippen molar-refractivity contribution in [2.75, 3.05) is 19.4 Å². The van der Waals surface area contributed by atoms with Gasteiger partial charge < -0.3 is 5.11 Å². The molecule has 1 saturated heterocycles. The van der Waals surface area contributed by atoms with E-state index in [1.807, 2.05) is 18.6 Å². The van der Waals surface area contributed by atoms with Gasteiger partial charge in [0.2, 0.25) is 0 Å². The van der Waals surface area contributed by atoms with Gasteiger partial charge in [-0.05, 0) is 25.6 Å². The smallest absolute Gasteiger partial charge is 0.187 e. The number of aromatic nitrogens is 2. The Kier molecular flexibility index (Phi) is 4.76. The SMILES string of the molecule is CSc1ncc(CN2CCCC[C@@H]2CO)cn1. The third kappa shape index (κ3) is 3.40. The molecule has 1 aromatic heterocycles. The van der Waals surface area contributed by atoms with Crippen LogP contribution in [0.5, 0.6) is 0 Å². The molecule has 0 aromatic carbocycles. The second kappa shape index (κ2) is 6.33. The quantitative estimate of drug-likeness (QED) is 0.651. The number of thioether (sulfide) groups is 1. The molecular formula is C12H19N3OS. The van der Waals surface area contributed by atoms with E-state index >= 15 is 0 Å². The Morgan fingerprint density at radius 1 is 1.41 bits per heavy atom. The minimum atomic E-state index is 0.254. The molecule has 1 fully saturated rings. The van der Waals surface area contributed by atoms with Crippen LogP contribution >= 0.6 is 11.8 Å². The van der Waals surface area contributed by atoms with Crippen molar-refractivity contribution in [2.24, 2.45) is 0 Å². The molecule has 94 valence electrons. The van der Waals surface area contributed by atoms with Crippen LogP contribution in [0.25, 0.3) is 0 Å². The number of aliphatic hydroxyl groups is 1. The van der Waals surface area contributed by atoms with Gasteiger partial charge in [-0.2, -0.15) is 0 Å². The van der Waals surface area contributed by atoms with Gasteiger partial charge in [0, 0.05) is 30.5 Å². The van der Waals surface area contributed by atoms with E-state index < -0.39 is 0 Å². The van der Waals surface area contributed by atoms with Crippen molar-refractivity contribution in [3.05, 3.63) is 18.0 Å². The number of hydrogen-bond acceptors (Lipinski definition) is 5. The van der Waals surface area contributed by atoms with E-state index in [9.17, 15) is 5.11 Å². The zero-order valence-corrected chi connectivity index (χ0v) is 11.0. The molecule has 1 aliphatic heterocycles. The number of rotatable bonds is 4. The lowest BCUT2D eigenvalue weighted by atomic mass is 10.0. The Bertz CT molecular complexity index is 344. The fourth-order valence-electron chi connectivity index (χ4n) is 2.24. The topological polar surface area (TPSA) is 49.2 Å². The molecule has 17 heavy (non-hydrogen) atoms. The maximum absolute atomic E-state index is 9.35. The van der Waals surface area contributed by atoms with Crippen LogP contribution in [0, 0.1) is 0 Å². The molecule has 0 unspecified atom stereocenters. The zero-order chi connectivity index (χ0) is 12.1. The highest BCUT2D eigenvalue weighted by Gasteiger charge is 2.21. The second-order valence-corrected chi connectivity index (χ2v) is 5.15. The lowest BCUT2D eigenvalue weighted by Gasteiger charge is -2.34. The van der Waals surface area contributed by atoms with Crippen molar-refractivity contribution < 1.29 is 5.11 Å². The normalized spacial score (nSPS) is 21.6. The summed E-state index contributed by atoms with van der Waals surface area (Å²) in [6.45, 7) is 2.17. The van der Waals surface area contributed by atoms with Crippen molar-refractivity contribution >= 4 is 11.8 Å². The molecule has 1 aromatic rings. The molecule has 0 bridgehead atoms. The van der Waals surface area contributed by atoms with Crippen molar-refractivity contribution in [3.63, 3.8) is 0 Å². The standard InChI is InChI=1S/C12H19N3OS/c1-17-12-13-6-10(7-14-12)8-15-5-3-2-4-11(15)9-16/h6-7,11,16H,2-5,8-9H2,1H3/t11-/m1/s1. The molecule has 4 nitrogen and oxygen atoms in total. The predicted molar refractivity (Wildman–Crippen MR) is 68.9 cm³/mol. The molecule has 1 aliphatic rings. The number of likely N-dealkylation sites (tertiary alicyclic amines) is 1. The maximum Gasteiger partial charge on any atom is 0.187 e. The Morgan fingerprint density at radius 3 is 2.82 bits per heavy atom. The summed E-state index contributed by atoms with van der Waals surface area (Å²) in [5, 5.41) is 10.2. The molecule has 0 saturated carbocycles. The summed E-state index contributed by atoms with van der Waals surface area (Å²) < 4.78 is 0. The monoisotopic (exact) mass is 253 g/mol. The van der Waals surface area contributed by atoms with Crippen molar-refractivity contribution in [1.82, 2.24) is 14.9 Å². The largest absolute Gasteiger partial charge is 0.395 e. The first kappa shape index (κ1) is 12.8. The highest BCUT2D eigenvalue weighted by Crippen LogP contribution is 2.19. The fourth-order valence-corrected chi connectivity index (χ4v) is 2.56. The molecule has 0 radical (unpaired) electrons. The lowest BCUT2D eigenvalue weighted by Crippen LogP contribution is -2.41. The van der Waals surface area contributed by atoms with E-state index in [0.717, 1.165) is 30.2 Å². The van der Waals surface area contributed by atoms with Gasteiger partial charge in [-0.1, -0.05) is 18.2 Å². The van der Waals surface area contributed by atoms with Crippen LogP contribution in [0.3, 0.4) is 0 Å². The fraction of sp³-hybridized carbons (Fsp3) is 0.667. The van der Waals surface area contributed by atoms with Crippen LogP contribution < -0.4 is 0 Å². The maximum atomic E-state index is 9.35. The van der Waals surface area contributed by atoms with Crippen LogP contribution in [0.2, 0.25) is 0 Å². The molecule has 2 rings (SSSR count). The average molecular weight is 253 g/mol. The van der Waals surface area contributed by atoms with Gasteiger partial charge in [-0.3, -0.25) is 4.90 Å². The summed E-state index contributed by atoms with van der Waals surface area (Å²) in [5.41, 5.74) is 1.13. The number of piperidine rings is 1. The minimum absolute atomic E-state index is 0.254. The van der Waals surface area contributed by atoms with Gasteiger partial charge in [-0.15, -0.1) is 0 Å². The van der Waals surface area contributed by atoms with Crippen LogP contribution in [0.15, 0.2) is 17.6 Å². The van der Waals surface area contributed by atoms with E-state index in [2.05, 4.69) is 14.9 Å². The van der Waals surface area contributed by atoms with E-state index in [1.54, 1.807) is 11.8 Å². The third-order valence-electron chi connectivity index (χ3n) is 3.21. The molecule has 5 heteroatoms. The van der Waals surface area contributed by atoms with Crippen molar-refractivity contribution in [2.45, 2.75) is 37.0 Å². The van der Waals surface area contributed by atoms with Crippen LogP contribution in [0.4, 0.5) is 0 Å². The second-order valence-electron chi connectivity index (χ2n) is 4.38. The molecule has 0 amide bonds. The molecule has 0 aliphatic carbocycles. The van der Waals surface area contributed by atoms with Crippen LogP contribution in [-0.4, -0.2) is 45.4 Å². The molecule has 0 spiro atoms. The lowest BCUT2D eigenvalue weighted by molar-refractivity contribution is 0.0839. The summed E-state index contributed by atoms with van der Waals surface area (Å²) in [4.78, 5) is 10.9. The third-order valence-corrected chi connectivity index (χ3v) is 3.79. The van der Waals surface area contributed by atoms with Gasteiger partial charge in [0.05, 0.1) is 6.61 Å². The van der Waals surface area contributed by atoms with E-state index in [0.29, 0.717) is 6.04 Å². The first-order valence-corrected chi connectivity index (χ1v) is 7.26. The highest BCUT2D eigenvalue weighted by atomic mass is 32.2. The van der Waals surface area contributed by atoms with E-state index in [4.69, 9.17) is 0 Å². The van der Waals surface area contributed by atoms with Gasteiger partial charge in [0.25, 0.3) is 0 Å².